The fourth-order valence-electron chi connectivity index (χ4n) is 2.95. The molecule has 0 atom stereocenters. The summed E-state index contributed by atoms with van der Waals surface area (Å²) in [5.41, 5.74) is 4.04. The number of aryl methyl sites for hydroxylation is 1. The molecule has 0 aliphatic carbocycles. The first-order valence-electron chi connectivity index (χ1n) is 8.03. The molecule has 3 rings (SSSR count). The smallest absolute Gasteiger partial charge is 0.344 e. The highest BCUT2D eigenvalue weighted by Crippen LogP contribution is 2.26. The van der Waals surface area contributed by atoms with E-state index < -0.39 is 0 Å². The van der Waals surface area contributed by atoms with Crippen molar-refractivity contribution in [2.24, 2.45) is 0 Å². The van der Waals surface area contributed by atoms with Gasteiger partial charge in [0.15, 0.2) is 0 Å². The fraction of sp³-hybridized carbons (Fsp3) is 0.250. The van der Waals surface area contributed by atoms with Gasteiger partial charge >= 0.3 is 5.63 Å². The lowest BCUT2D eigenvalue weighted by Crippen LogP contribution is -2.21. The summed E-state index contributed by atoms with van der Waals surface area (Å²) in [6.45, 7) is 8.08. The lowest BCUT2D eigenvalue weighted by molar-refractivity contribution is 0.563. The van der Waals surface area contributed by atoms with Crippen LogP contribution in [0.3, 0.4) is 0 Å². The van der Waals surface area contributed by atoms with Crippen LogP contribution in [0, 0.1) is 6.92 Å². The topological polar surface area (TPSA) is 33.5 Å². The predicted molar refractivity (Wildman–Crippen MR) is 96.2 cm³/mol. The second-order valence-electron chi connectivity index (χ2n) is 5.66. The molecule has 0 N–H and O–H groups in total. The molecule has 118 valence electrons. The van der Waals surface area contributed by atoms with Gasteiger partial charge in [-0.2, -0.15) is 0 Å². The lowest BCUT2D eigenvalue weighted by atomic mass is 10.0. The normalized spacial score (nSPS) is 10.9. The van der Waals surface area contributed by atoms with Crippen molar-refractivity contribution < 1.29 is 4.42 Å². The van der Waals surface area contributed by atoms with Gasteiger partial charge in [-0.25, -0.2) is 4.79 Å². The van der Waals surface area contributed by atoms with E-state index in [1.807, 2.05) is 49.4 Å². The van der Waals surface area contributed by atoms with Gasteiger partial charge in [0, 0.05) is 30.2 Å². The largest absolute Gasteiger partial charge is 0.422 e. The van der Waals surface area contributed by atoms with Crippen molar-refractivity contribution in [1.29, 1.82) is 0 Å². The molecule has 0 saturated carbocycles. The molecule has 0 saturated heterocycles. The SMILES string of the molecule is CCN(CC)c1ccc2cc(-c3ccccc3C)c(=O)oc2c1. The number of nitrogens with zero attached hydrogens (tertiary/aromatic N) is 1. The minimum atomic E-state index is -0.288. The Kier molecular flexibility index (Phi) is 4.20. The Morgan fingerprint density at radius 1 is 0.957 bits per heavy atom. The summed E-state index contributed by atoms with van der Waals surface area (Å²) < 4.78 is 5.60. The molecular formula is C20H21NO2. The third-order valence-electron chi connectivity index (χ3n) is 4.28. The van der Waals surface area contributed by atoms with Crippen LogP contribution in [0.5, 0.6) is 0 Å². The number of benzene rings is 2. The average Bonchev–Trinajstić information content (AvgIpc) is 2.56. The lowest BCUT2D eigenvalue weighted by Gasteiger charge is -2.21. The number of fused-ring (bicyclic) bond motifs is 1. The fourth-order valence-corrected chi connectivity index (χ4v) is 2.95. The standard InChI is InChI=1S/C20H21NO2/c1-4-21(5-2)16-11-10-15-12-18(20(22)23-19(15)13-16)17-9-7-6-8-14(17)3/h6-13H,4-5H2,1-3H3. The van der Waals surface area contributed by atoms with Gasteiger partial charge in [-0.05, 0) is 50.1 Å². The molecule has 3 heteroatoms. The van der Waals surface area contributed by atoms with Crippen LogP contribution in [0.4, 0.5) is 5.69 Å². The van der Waals surface area contributed by atoms with Crippen molar-refractivity contribution in [2.75, 3.05) is 18.0 Å². The molecule has 0 aliphatic heterocycles. The van der Waals surface area contributed by atoms with E-state index in [0.717, 1.165) is 35.3 Å². The maximum absolute atomic E-state index is 12.4. The summed E-state index contributed by atoms with van der Waals surface area (Å²) >= 11 is 0. The Morgan fingerprint density at radius 3 is 2.39 bits per heavy atom. The quantitative estimate of drug-likeness (QED) is 0.660. The molecule has 0 radical (unpaired) electrons. The van der Waals surface area contributed by atoms with E-state index >= 15 is 0 Å². The molecule has 0 bridgehead atoms. The van der Waals surface area contributed by atoms with Gasteiger partial charge in [0.1, 0.15) is 5.58 Å². The minimum Gasteiger partial charge on any atom is -0.422 e. The molecule has 3 nitrogen and oxygen atoms in total. The highest BCUT2D eigenvalue weighted by molar-refractivity contribution is 5.85. The molecule has 0 amide bonds. The molecule has 0 spiro atoms. The molecule has 0 fully saturated rings. The van der Waals surface area contributed by atoms with Crippen LogP contribution in [-0.2, 0) is 0 Å². The molecule has 23 heavy (non-hydrogen) atoms. The zero-order valence-corrected chi connectivity index (χ0v) is 13.8. The summed E-state index contributed by atoms with van der Waals surface area (Å²) in [5, 5.41) is 0.943. The third-order valence-corrected chi connectivity index (χ3v) is 4.28. The van der Waals surface area contributed by atoms with Crippen molar-refractivity contribution in [2.45, 2.75) is 20.8 Å². The first-order valence-corrected chi connectivity index (χ1v) is 8.03. The van der Waals surface area contributed by atoms with Gasteiger partial charge in [-0.1, -0.05) is 24.3 Å². The second-order valence-corrected chi connectivity index (χ2v) is 5.66. The minimum absolute atomic E-state index is 0.288. The van der Waals surface area contributed by atoms with Crippen LogP contribution in [0.15, 0.2) is 57.7 Å². The molecule has 2 aromatic carbocycles. The van der Waals surface area contributed by atoms with Crippen molar-refractivity contribution in [3.8, 4) is 11.1 Å². The highest BCUT2D eigenvalue weighted by Gasteiger charge is 2.11. The van der Waals surface area contributed by atoms with Crippen LogP contribution < -0.4 is 10.5 Å². The van der Waals surface area contributed by atoms with E-state index in [0.29, 0.717) is 11.1 Å². The second kappa shape index (κ2) is 6.29. The van der Waals surface area contributed by atoms with Crippen LogP contribution in [-0.4, -0.2) is 13.1 Å². The zero-order chi connectivity index (χ0) is 16.4. The van der Waals surface area contributed by atoms with Gasteiger partial charge in [0.05, 0.1) is 5.56 Å². The highest BCUT2D eigenvalue weighted by atomic mass is 16.4. The molecule has 1 aromatic heterocycles. The van der Waals surface area contributed by atoms with Crippen LogP contribution in [0.1, 0.15) is 19.4 Å². The number of rotatable bonds is 4. The van der Waals surface area contributed by atoms with Gasteiger partial charge < -0.3 is 9.32 Å². The Balaban J connectivity index is 2.15. The average molecular weight is 307 g/mol. The van der Waals surface area contributed by atoms with Gasteiger partial charge in [0.25, 0.3) is 0 Å². The van der Waals surface area contributed by atoms with Crippen molar-refractivity contribution in [3.05, 3.63) is 64.5 Å². The number of hydrogen-bond acceptors (Lipinski definition) is 3. The van der Waals surface area contributed by atoms with Crippen LogP contribution in [0.2, 0.25) is 0 Å². The van der Waals surface area contributed by atoms with Gasteiger partial charge in [-0.15, -0.1) is 0 Å². The number of anilines is 1. The van der Waals surface area contributed by atoms with E-state index in [-0.39, 0.29) is 5.63 Å². The summed E-state index contributed by atoms with van der Waals surface area (Å²) in [6.07, 6.45) is 0. The Hall–Kier alpha value is -2.55. The molecular weight excluding hydrogens is 286 g/mol. The Bertz CT molecular complexity index is 892. The maximum atomic E-state index is 12.4. The third kappa shape index (κ3) is 2.87. The monoisotopic (exact) mass is 307 g/mol. The Labute approximate surface area is 136 Å². The summed E-state index contributed by atoms with van der Waals surface area (Å²) in [6, 6.07) is 15.8. The van der Waals surface area contributed by atoms with E-state index in [1.165, 1.54) is 0 Å². The Morgan fingerprint density at radius 2 is 1.70 bits per heavy atom. The summed E-state index contributed by atoms with van der Waals surface area (Å²) in [4.78, 5) is 14.7. The van der Waals surface area contributed by atoms with E-state index in [2.05, 4.69) is 24.8 Å². The van der Waals surface area contributed by atoms with Gasteiger partial charge in [0.2, 0.25) is 0 Å². The van der Waals surface area contributed by atoms with E-state index in [9.17, 15) is 4.79 Å². The predicted octanol–water partition coefficient (Wildman–Crippen LogP) is 4.61. The van der Waals surface area contributed by atoms with Crippen molar-refractivity contribution in [3.63, 3.8) is 0 Å². The first-order chi connectivity index (χ1) is 11.1. The first kappa shape index (κ1) is 15.3. The maximum Gasteiger partial charge on any atom is 0.344 e. The number of hydrogen-bond donors (Lipinski definition) is 0. The van der Waals surface area contributed by atoms with Crippen LogP contribution >= 0.6 is 0 Å². The summed E-state index contributed by atoms with van der Waals surface area (Å²) in [7, 11) is 0. The molecule has 1 heterocycles. The van der Waals surface area contributed by atoms with E-state index in [1.54, 1.807) is 0 Å². The summed E-state index contributed by atoms with van der Waals surface area (Å²) in [5.74, 6) is 0. The zero-order valence-electron chi connectivity index (χ0n) is 13.8. The molecule has 0 aliphatic rings. The van der Waals surface area contributed by atoms with Gasteiger partial charge in [-0.3, -0.25) is 0 Å². The van der Waals surface area contributed by atoms with E-state index in [4.69, 9.17) is 4.42 Å². The van der Waals surface area contributed by atoms with Crippen molar-refractivity contribution in [1.82, 2.24) is 0 Å². The molecule has 3 aromatic rings. The van der Waals surface area contributed by atoms with Crippen molar-refractivity contribution >= 4 is 16.7 Å². The van der Waals surface area contributed by atoms with Crippen LogP contribution in [0.25, 0.3) is 22.1 Å². The molecule has 0 unspecified atom stereocenters.